The molecule has 0 amide bonds. The lowest BCUT2D eigenvalue weighted by Gasteiger charge is -2.45. The second-order valence-electron chi connectivity index (χ2n) is 8.72. The van der Waals surface area contributed by atoms with Gasteiger partial charge >= 0.3 is 5.97 Å². The quantitative estimate of drug-likeness (QED) is 0.628. The van der Waals surface area contributed by atoms with Crippen LogP contribution in [0.15, 0.2) is 24.3 Å². The van der Waals surface area contributed by atoms with Gasteiger partial charge in [0.15, 0.2) is 17.2 Å². The highest BCUT2D eigenvalue weighted by atomic mass is 19.1. The van der Waals surface area contributed by atoms with Crippen LogP contribution in [0.1, 0.15) is 29.3 Å². The van der Waals surface area contributed by atoms with Crippen molar-refractivity contribution >= 4 is 17.4 Å². The summed E-state index contributed by atoms with van der Waals surface area (Å²) < 4.78 is 62.0. The summed E-state index contributed by atoms with van der Waals surface area (Å²) in [5, 5.41) is 19.9. The van der Waals surface area contributed by atoms with Crippen LogP contribution in [0.5, 0.6) is 17.2 Å². The molecule has 0 radical (unpaired) electrons. The number of nitrogens with zero attached hydrogens (tertiary/aromatic N) is 1. The summed E-state index contributed by atoms with van der Waals surface area (Å²) in [7, 11) is 0. The van der Waals surface area contributed by atoms with E-state index in [2.05, 4.69) is 0 Å². The molecule has 2 N–H and O–H groups in total. The van der Waals surface area contributed by atoms with E-state index in [9.17, 15) is 24.2 Å². The third-order valence-corrected chi connectivity index (χ3v) is 6.41. The van der Waals surface area contributed by atoms with E-state index in [1.54, 1.807) is 4.90 Å². The number of aromatic hydroxyl groups is 1. The number of hydrogen-bond donors (Lipinski definition) is 2. The summed E-state index contributed by atoms with van der Waals surface area (Å²) in [6, 6.07) is 5.17. The van der Waals surface area contributed by atoms with E-state index >= 15 is 8.78 Å². The van der Waals surface area contributed by atoms with E-state index in [1.165, 1.54) is 31.2 Å². The molecule has 188 valence electrons. The molecule has 0 spiro atoms. The van der Waals surface area contributed by atoms with Gasteiger partial charge in [0.25, 0.3) is 0 Å². The summed E-state index contributed by atoms with van der Waals surface area (Å²) in [6.45, 7) is 3.11. The Kier molecular flexibility index (Phi) is 6.31. The molecule has 2 unspecified atom stereocenters. The number of phenolic OH excluding ortho intramolecular Hbond substituents is 1. The van der Waals surface area contributed by atoms with Crippen LogP contribution in [0, 0.1) is 18.6 Å². The molecular weight excluding hydrogens is 471 g/mol. The summed E-state index contributed by atoms with van der Waals surface area (Å²) in [5.74, 6) is -6.26. The summed E-state index contributed by atoms with van der Waals surface area (Å²) in [4.78, 5) is 26.4. The molecule has 0 bridgehead atoms. The molecule has 0 aliphatic carbocycles. The zero-order valence-corrected chi connectivity index (χ0v) is 19.1. The largest absolute Gasteiger partial charge is 0.504 e. The van der Waals surface area contributed by atoms with Gasteiger partial charge in [-0.2, -0.15) is 0 Å². The molecule has 35 heavy (non-hydrogen) atoms. The Labute approximate surface area is 198 Å². The number of carbonyl (C=O) groups excluding carboxylic acids is 1. The first-order valence-corrected chi connectivity index (χ1v) is 10.9. The van der Waals surface area contributed by atoms with Crippen molar-refractivity contribution in [3.8, 4) is 17.2 Å². The van der Waals surface area contributed by atoms with Crippen molar-refractivity contribution in [3.05, 3.63) is 47.0 Å². The Morgan fingerprint density at radius 1 is 1.26 bits per heavy atom. The lowest BCUT2D eigenvalue weighted by molar-refractivity contribution is -0.146. The Morgan fingerprint density at radius 3 is 2.60 bits per heavy atom. The van der Waals surface area contributed by atoms with Crippen LogP contribution < -0.4 is 14.4 Å². The normalized spacial score (nSPS) is 24.0. The summed E-state index contributed by atoms with van der Waals surface area (Å²) in [5.41, 5.74) is -6.21. The molecule has 2 heterocycles. The fraction of sp³-hybridized carbons (Fsp3) is 0.417. The van der Waals surface area contributed by atoms with E-state index in [4.69, 9.17) is 14.2 Å². The minimum atomic E-state index is -3.24. The first-order chi connectivity index (χ1) is 16.5. The van der Waals surface area contributed by atoms with Gasteiger partial charge in [0.1, 0.15) is 29.5 Å². The number of carbonyl (C=O) groups is 2. The highest BCUT2D eigenvalue weighted by molar-refractivity contribution is 6.10. The molecule has 2 aromatic carbocycles. The van der Waals surface area contributed by atoms with Gasteiger partial charge in [-0.3, -0.25) is 9.59 Å². The Balaban J connectivity index is 1.79. The predicted octanol–water partition coefficient (Wildman–Crippen LogP) is 3.41. The van der Waals surface area contributed by atoms with E-state index in [0.29, 0.717) is 26.3 Å². The summed E-state index contributed by atoms with van der Waals surface area (Å²) in [6.07, 6.45) is -1.33. The van der Waals surface area contributed by atoms with Crippen LogP contribution in [0.2, 0.25) is 0 Å². The van der Waals surface area contributed by atoms with Crippen molar-refractivity contribution in [1.82, 2.24) is 0 Å². The highest BCUT2D eigenvalue weighted by Crippen LogP contribution is 2.50. The maximum absolute atomic E-state index is 16.3. The Bertz CT molecular complexity index is 1180. The maximum Gasteiger partial charge on any atom is 0.307 e. The maximum atomic E-state index is 16.3. The number of carboxylic acids is 1. The van der Waals surface area contributed by atoms with Crippen LogP contribution >= 0.6 is 0 Å². The number of phenols is 1. The van der Waals surface area contributed by atoms with Gasteiger partial charge < -0.3 is 29.3 Å². The predicted molar refractivity (Wildman–Crippen MR) is 117 cm³/mol. The number of halogens is 3. The van der Waals surface area contributed by atoms with Gasteiger partial charge in [0.05, 0.1) is 25.3 Å². The molecule has 2 aliphatic heterocycles. The van der Waals surface area contributed by atoms with Crippen molar-refractivity contribution in [1.29, 1.82) is 0 Å². The van der Waals surface area contributed by atoms with Crippen molar-refractivity contribution in [2.24, 2.45) is 0 Å². The van der Waals surface area contributed by atoms with Crippen molar-refractivity contribution in [2.75, 3.05) is 37.8 Å². The van der Waals surface area contributed by atoms with E-state index in [-0.39, 0.29) is 22.7 Å². The van der Waals surface area contributed by atoms with Gasteiger partial charge in [-0.1, -0.05) is 6.07 Å². The van der Waals surface area contributed by atoms with Gasteiger partial charge in [0.2, 0.25) is 11.5 Å². The second kappa shape index (κ2) is 8.95. The first-order valence-electron chi connectivity index (χ1n) is 10.9. The number of ketones is 1. The molecule has 8 nitrogen and oxygen atoms in total. The number of carboxylic acid groups (broad SMARTS) is 1. The number of hydrogen-bond acceptors (Lipinski definition) is 7. The number of morpholine rings is 1. The van der Waals surface area contributed by atoms with E-state index in [0.717, 1.165) is 6.92 Å². The Hall–Kier alpha value is -3.47. The molecule has 1 fully saturated rings. The van der Waals surface area contributed by atoms with E-state index < -0.39 is 59.0 Å². The molecule has 2 atom stereocenters. The molecular formula is C24H24F3NO7. The number of alkyl halides is 1. The van der Waals surface area contributed by atoms with Crippen molar-refractivity contribution in [2.45, 2.75) is 31.5 Å². The monoisotopic (exact) mass is 495 g/mol. The van der Waals surface area contributed by atoms with E-state index in [1.807, 2.05) is 0 Å². The third-order valence-electron chi connectivity index (χ3n) is 6.41. The number of rotatable bonds is 6. The average molecular weight is 495 g/mol. The number of fused-ring (bicyclic) bond motifs is 1. The van der Waals surface area contributed by atoms with Crippen LogP contribution in [0.3, 0.4) is 0 Å². The SMILES string of the molecule is Cc1c(F)cccc1OCC1(C)Oc2cc(N3CCOCC3)c(F)c(O)c2C(=O)C1(F)CC(=O)O. The molecule has 0 saturated carbocycles. The van der Waals surface area contributed by atoms with Crippen molar-refractivity contribution in [3.63, 3.8) is 0 Å². The smallest absolute Gasteiger partial charge is 0.307 e. The van der Waals surface area contributed by atoms with Gasteiger partial charge in [-0.15, -0.1) is 0 Å². The standard InChI is InChI=1S/C24H24F3NO7/c1-13-14(25)4-3-5-16(13)34-12-23(2)24(27,11-18(29)30)22(32)19-17(35-23)10-15(20(26)21(19)31)28-6-8-33-9-7-28/h3-5,10,31H,6-9,11-12H2,1-2H3,(H,29,30). The number of benzene rings is 2. The first kappa shape index (κ1) is 24.6. The van der Waals surface area contributed by atoms with Gasteiger partial charge in [-0.05, 0) is 26.0 Å². The molecule has 2 aromatic rings. The minimum absolute atomic E-state index is 0.0432. The molecule has 11 heteroatoms. The lowest BCUT2D eigenvalue weighted by atomic mass is 9.75. The van der Waals surface area contributed by atoms with Crippen LogP contribution in [-0.2, 0) is 9.53 Å². The highest BCUT2D eigenvalue weighted by Gasteiger charge is 2.63. The summed E-state index contributed by atoms with van der Waals surface area (Å²) >= 11 is 0. The topological polar surface area (TPSA) is 106 Å². The zero-order chi connectivity index (χ0) is 25.5. The second-order valence-corrected chi connectivity index (χ2v) is 8.72. The number of Topliss-reactive ketones (excluding diaryl/α,β-unsaturated/α-hetero) is 1. The lowest BCUT2D eigenvalue weighted by Crippen LogP contribution is -2.64. The van der Waals surface area contributed by atoms with Crippen LogP contribution in [0.25, 0.3) is 0 Å². The molecule has 0 aromatic heterocycles. The number of aliphatic carboxylic acids is 1. The molecule has 4 rings (SSSR count). The van der Waals surface area contributed by atoms with Crippen LogP contribution in [-0.4, -0.2) is 66.1 Å². The van der Waals surface area contributed by atoms with Gasteiger partial charge in [-0.25, -0.2) is 13.2 Å². The van der Waals surface area contributed by atoms with Crippen molar-refractivity contribution < 1.29 is 47.2 Å². The third kappa shape index (κ3) is 4.13. The molecule has 2 aliphatic rings. The minimum Gasteiger partial charge on any atom is -0.504 e. The number of ether oxygens (including phenoxy) is 3. The average Bonchev–Trinajstić information content (AvgIpc) is 2.81. The Morgan fingerprint density at radius 2 is 1.94 bits per heavy atom. The van der Waals surface area contributed by atoms with Gasteiger partial charge in [0, 0.05) is 24.7 Å². The zero-order valence-electron chi connectivity index (χ0n) is 19.1. The fourth-order valence-corrected chi connectivity index (χ4v) is 4.28. The van der Waals surface area contributed by atoms with Crippen LogP contribution in [0.4, 0.5) is 18.9 Å². The molecule has 1 saturated heterocycles. The fourth-order valence-electron chi connectivity index (χ4n) is 4.28. The number of anilines is 1.